The van der Waals surface area contributed by atoms with Crippen LogP contribution in [0.3, 0.4) is 0 Å². The standard InChI is InChI=1S/C8H6FNO2/c9-6-2-1-5-10-7(6)3-4-8(11)12/h1-5H,(H,11,12). The van der Waals surface area contributed by atoms with Gasteiger partial charge in [-0.25, -0.2) is 9.18 Å². The number of carboxylic acids is 1. The molecule has 0 aliphatic carbocycles. The number of rotatable bonds is 2. The van der Waals surface area contributed by atoms with Crippen molar-refractivity contribution < 1.29 is 14.3 Å². The summed E-state index contributed by atoms with van der Waals surface area (Å²) in [5.74, 6) is -1.66. The molecule has 1 aromatic heterocycles. The van der Waals surface area contributed by atoms with Gasteiger partial charge in [0.1, 0.15) is 5.82 Å². The summed E-state index contributed by atoms with van der Waals surface area (Å²) in [6.07, 6.45) is 3.34. The van der Waals surface area contributed by atoms with Crippen molar-refractivity contribution in [1.29, 1.82) is 0 Å². The van der Waals surface area contributed by atoms with Crippen molar-refractivity contribution in [2.75, 3.05) is 0 Å². The Morgan fingerprint density at radius 3 is 3.00 bits per heavy atom. The summed E-state index contributed by atoms with van der Waals surface area (Å²) in [5, 5.41) is 8.23. The third-order valence-electron chi connectivity index (χ3n) is 1.17. The first-order valence-corrected chi connectivity index (χ1v) is 3.21. The van der Waals surface area contributed by atoms with Crippen LogP contribution >= 0.6 is 0 Å². The molecule has 0 aliphatic heterocycles. The molecule has 0 radical (unpaired) electrons. The van der Waals surface area contributed by atoms with Crippen LogP contribution in [-0.2, 0) is 4.79 Å². The van der Waals surface area contributed by atoms with Crippen molar-refractivity contribution in [2.45, 2.75) is 0 Å². The quantitative estimate of drug-likeness (QED) is 0.676. The second-order valence-corrected chi connectivity index (χ2v) is 2.04. The zero-order chi connectivity index (χ0) is 8.97. The fourth-order valence-corrected chi connectivity index (χ4v) is 0.671. The summed E-state index contributed by atoms with van der Waals surface area (Å²) in [5.41, 5.74) is 0.0277. The van der Waals surface area contributed by atoms with Crippen LogP contribution in [0.15, 0.2) is 24.4 Å². The highest BCUT2D eigenvalue weighted by Crippen LogP contribution is 2.03. The normalized spacial score (nSPS) is 10.4. The van der Waals surface area contributed by atoms with E-state index in [1.807, 2.05) is 0 Å². The fraction of sp³-hybridized carbons (Fsp3) is 0. The Morgan fingerprint density at radius 2 is 2.42 bits per heavy atom. The van der Waals surface area contributed by atoms with Crippen LogP contribution in [-0.4, -0.2) is 16.1 Å². The Morgan fingerprint density at radius 1 is 1.67 bits per heavy atom. The maximum Gasteiger partial charge on any atom is 0.328 e. The number of pyridine rings is 1. The Bertz CT molecular complexity index is 323. The van der Waals surface area contributed by atoms with E-state index < -0.39 is 11.8 Å². The molecule has 12 heavy (non-hydrogen) atoms. The lowest BCUT2D eigenvalue weighted by Gasteiger charge is -1.91. The zero-order valence-corrected chi connectivity index (χ0v) is 6.07. The minimum absolute atomic E-state index is 0.0277. The molecule has 0 atom stereocenters. The molecule has 0 saturated heterocycles. The van der Waals surface area contributed by atoms with Gasteiger partial charge in [-0.15, -0.1) is 0 Å². The monoisotopic (exact) mass is 167 g/mol. The Kier molecular flexibility index (Phi) is 2.53. The Labute approximate surface area is 68.2 Å². The predicted octanol–water partition coefficient (Wildman–Crippen LogP) is 1.32. The molecule has 0 fully saturated rings. The summed E-state index contributed by atoms with van der Waals surface area (Å²) in [6.45, 7) is 0. The van der Waals surface area contributed by atoms with Crippen molar-refractivity contribution in [3.05, 3.63) is 35.9 Å². The molecule has 0 amide bonds. The second kappa shape index (κ2) is 3.61. The highest BCUT2D eigenvalue weighted by Gasteiger charge is 1.97. The van der Waals surface area contributed by atoms with E-state index in [0.29, 0.717) is 0 Å². The number of aliphatic carboxylic acids is 1. The van der Waals surface area contributed by atoms with Crippen LogP contribution in [0.2, 0.25) is 0 Å². The van der Waals surface area contributed by atoms with Gasteiger partial charge in [-0.05, 0) is 18.2 Å². The van der Waals surface area contributed by atoms with Gasteiger partial charge in [-0.3, -0.25) is 4.98 Å². The topological polar surface area (TPSA) is 50.2 Å². The minimum atomic E-state index is -1.12. The minimum Gasteiger partial charge on any atom is -0.478 e. The van der Waals surface area contributed by atoms with Crippen molar-refractivity contribution in [3.8, 4) is 0 Å². The average Bonchev–Trinajstić information content (AvgIpc) is 2.03. The third-order valence-corrected chi connectivity index (χ3v) is 1.17. The average molecular weight is 167 g/mol. The van der Waals surface area contributed by atoms with Crippen LogP contribution in [0.4, 0.5) is 4.39 Å². The molecule has 1 rings (SSSR count). The molecule has 4 heteroatoms. The highest BCUT2D eigenvalue weighted by atomic mass is 19.1. The highest BCUT2D eigenvalue weighted by molar-refractivity contribution is 5.84. The number of halogens is 1. The molecule has 0 saturated carbocycles. The van der Waals surface area contributed by atoms with Crippen LogP contribution in [0.1, 0.15) is 5.69 Å². The molecule has 0 aromatic carbocycles. The lowest BCUT2D eigenvalue weighted by atomic mass is 10.3. The van der Waals surface area contributed by atoms with Crippen molar-refractivity contribution in [3.63, 3.8) is 0 Å². The molecular weight excluding hydrogens is 161 g/mol. The first-order chi connectivity index (χ1) is 5.70. The van der Waals surface area contributed by atoms with Gasteiger partial charge in [0.25, 0.3) is 0 Å². The molecule has 0 spiro atoms. The smallest absolute Gasteiger partial charge is 0.328 e. The van der Waals surface area contributed by atoms with Crippen LogP contribution in [0, 0.1) is 5.82 Å². The molecule has 3 nitrogen and oxygen atoms in total. The molecule has 0 aliphatic rings. The van der Waals surface area contributed by atoms with Gasteiger partial charge >= 0.3 is 5.97 Å². The first kappa shape index (κ1) is 8.39. The van der Waals surface area contributed by atoms with Gasteiger partial charge in [0.2, 0.25) is 0 Å². The molecular formula is C8H6FNO2. The van der Waals surface area contributed by atoms with E-state index in [9.17, 15) is 9.18 Å². The Hall–Kier alpha value is -1.71. The summed E-state index contributed by atoms with van der Waals surface area (Å²) in [6, 6.07) is 2.65. The number of hydrogen-bond donors (Lipinski definition) is 1. The Balaban J connectivity index is 2.89. The summed E-state index contributed by atoms with van der Waals surface area (Å²) in [4.78, 5) is 13.7. The number of carboxylic acid groups (broad SMARTS) is 1. The van der Waals surface area contributed by atoms with Gasteiger partial charge in [0.15, 0.2) is 0 Å². The largest absolute Gasteiger partial charge is 0.478 e. The molecule has 1 heterocycles. The predicted molar refractivity (Wildman–Crippen MR) is 40.9 cm³/mol. The first-order valence-electron chi connectivity index (χ1n) is 3.21. The maximum absolute atomic E-state index is 12.7. The molecule has 1 N–H and O–H groups in total. The molecule has 62 valence electrons. The summed E-state index contributed by atoms with van der Waals surface area (Å²) >= 11 is 0. The van der Waals surface area contributed by atoms with Crippen LogP contribution in [0.25, 0.3) is 6.08 Å². The lowest BCUT2D eigenvalue weighted by Crippen LogP contribution is -1.89. The molecule has 0 unspecified atom stereocenters. The lowest BCUT2D eigenvalue weighted by molar-refractivity contribution is -0.131. The maximum atomic E-state index is 12.7. The fourth-order valence-electron chi connectivity index (χ4n) is 0.671. The van der Waals surface area contributed by atoms with Gasteiger partial charge < -0.3 is 5.11 Å². The van der Waals surface area contributed by atoms with Crippen molar-refractivity contribution >= 4 is 12.0 Å². The molecule has 0 bridgehead atoms. The van der Waals surface area contributed by atoms with E-state index in [2.05, 4.69) is 4.98 Å². The van der Waals surface area contributed by atoms with Gasteiger partial charge in [0, 0.05) is 12.3 Å². The van der Waals surface area contributed by atoms with Crippen LogP contribution in [0.5, 0.6) is 0 Å². The molecule has 1 aromatic rings. The summed E-state index contributed by atoms with van der Waals surface area (Å²) < 4.78 is 12.7. The SMILES string of the molecule is O=C(O)C=Cc1ncccc1F. The zero-order valence-electron chi connectivity index (χ0n) is 6.07. The number of hydrogen-bond acceptors (Lipinski definition) is 2. The van der Waals surface area contributed by atoms with Crippen molar-refractivity contribution in [2.24, 2.45) is 0 Å². The third kappa shape index (κ3) is 2.16. The van der Waals surface area contributed by atoms with E-state index in [1.165, 1.54) is 18.3 Å². The van der Waals surface area contributed by atoms with Gasteiger partial charge in [-0.1, -0.05) is 0 Å². The van der Waals surface area contributed by atoms with E-state index in [0.717, 1.165) is 12.2 Å². The summed E-state index contributed by atoms with van der Waals surface area (Å²) in [7, 11) is 0. The van der Waals surface area contributed by atoms with E-state index in [-0.39, 0.29) is 5.69 Å². The number of aromatic nitrogens is 1. The van der Waals surface area contributed by atoms with Gasteiger partial charge in [0.05, 0.1) is 5.69 Å². The van der Waals surface area contributed by atoms with Crippen molar-refractivity contribution in [1.82, 2.24) is 4.98 Å². The van der Waals surface area contributed by atoms with Crippen LogP contribution < -0.4 is 0 Å². The second-order valence-electron chi connectivity index (χ2n) is 2.04. The van der Waals surface area contributed by atoms with E-state index >= 15 is 0 Å². The number of carbonyl (C=O) groups is 1. The number of nitrogens with zero attached hydrogens (tertiary/aromatic N) is 1. The van der Waals surface area contributed by atoms with Gasteiger partial charge in [-0.2, -0.15) is 0 Å². The van der Waals surface area contributed by atoms with E-state index in [1.54, 1.807) is 0 Å². The van der Waals surface area contributed by atoms with E-state index in [4.69, 9.17) is 5.11 Å².